The van der Waals surface area contributed by atoms with Gasteiger partial charge in [0, 0.05) is 23.6 Å². The summed E-state index contributed by atoms with van der Waals surface area (Å²) in [5, 5.41) is 0. The van der Waals surface area contributed by atoms with Crippen LogP contribution in [0.15, 0.2) is 36.5 Å². The zero-order chi connectivity index (χ0) is 10.3. The van der Waals surface area contributed by atoms with E-state index in [1.54, 1.807) is 0 Å². The third kappa shape index (κ3) is 1.28. The monoisotopic (exact) mass is 201 g/mol. The van der Waals surface area contributed by atoms with E-state index in [-0.39, 0.29) is 0 Å². The van der Waals surface area contributed by atoms with E-state index >= 15 is 0 Å². The fourth-order valence-electron chi connectivity index (χ4n) is 1.79. The summed E-state index contributed by atoms with van der Waals surface area (Å²) >= 11 is 0. The molecule has 1 aromatic carbocycles. The molecule has 0 unspecified atom stereocenters. The van der Waals surface area contributed by atoms with Gasteiger partial charge in [0.2, 0.25) is 6.79 Å². The minimum absolute atomic E-state index is 0.323. The maximum atomic E-state index is 5.34. The van der Waals surface area contributed by atoms with Crippen molar-refractivity contribution in [3.05, 3.63) is 42.2 Å². The molecule has 1 aliphatic rings. The van der Waals surface area contributed by atoms with E-state index in [9.17, 15) is 0 Å². The smallest absolute Gasteiger partial charge is 0.231 e. The molecule has 76 valence electrons. The van der Waals surface area contributed by atoms with Gasteiger partial charge in [-0.05, 0) is 31.2 Å². The summed E-state index contributed by atoms with van der Waals surface area (Å²) in [6.45, 7) is 2.40. The first-order chi connectivity index (χ1) is 7.34. The molecule has 0 amide bonds. The van der Waals surface area contributed by atoms with Crippen LogP contribution in [0, 0.1) is 6.92 Å². The van der Waals surface area contributed by atoms with Gasteiger partial charge in [-0.15, -0.1) is 0 Å². The normalized spacial score (nSPS) is 13.1. The maximum Gasteiger partial charge on any atom is 0.231 e. The largest absolute Gasteiger partial charge is 0.454 e. The van der Waals surface area contributed by atoms with Gasteiger partial charge in [-0.25, -0.2) is 0 Å². The molecule has 0 bridgehead atoms. The van der Waals surface area contributed by atoms with Crippen molar-refractivity contribution in [1.82, 2.24) is 4.57 Å². The van der Waals surface area contributed by atoms with Gasteiger partial charge in [0.25, 0.3) is 0 Å². The number of aromatic nitrogens is 1. The molecule has 0 spiro atoms. The van der Waals surface area contributed by atoms with Gasteiger partial charge in [-0.3, -0.25) is 0 Å². The summed E-state index contributed by atoms with van der Waals surface area (Å²) in [4.78, 5) is 0. The fourth-order valence-corrected chi connectivity index (χ4v) is 1.79. The highest BCUT2D eigenvalue weighted by atomic mass is 16.7. The minimum Gasteiger partial charge on any atom is -0.454 e. The summed E-state index contributed by atoms with van der Waals surface area (Å²) in [5.74, 6) is 1.64. The van der Waals surface area contributed by atoms with Crippen molar-refractivity contribution < 1.29 is 9.47 Å². The Hall–Kier alpha value is -1.90. The molecule has 3 nitrogen and oxygen atoms in total. The zero-order valence-electron chi connectivity index (χ0n) is 8.43. The second kappa shape index (κ2) is 3.05. The van der Waals surface area contributed by atoms with E-state index in [0.717, 1.165) is 17.2 Å². The van der Waals surface area contributed by atoms with Gasteiger partial charge in [0.05, 0.1) is 0 Å². The number of benzene rings is 1. The average Bonchev–Trinajstić information content (AvgIpc) is 2.84. The van der Waals surface area contributed by atoms with Gasteiger partial charge in [0.15, 0.2) is 11.5 Å². The summed E-state index contributed by atoms with van der Waals surface area (Å²) in [6, 6.07) is 10.1. The molecule has 15 heavy (non-hydrogen) atoms. The number of aryl methyl sites for hydroxylation is 1. The van der Waals surface area contributed by atoms with Crippen LogP contribution < -0.4 is 9.47 Å². The second-order valence-corrected chi connectivity index (χ2v) is 3.56. The zero-order valence-corrected chi connectivity index (χ0v) is 8.43. The molecule has 0 N–H and O–H groups in total. The lowest BCUT2D eigenvalue weighted by Gasteiger charge is -2.06. The van der Waals surface area contributed by atoms with Crippen LogP contribution in [0.25, 0.3) is 5.69 Å². The van der Waals surface area contributed by atoms with Crippen LogP contribution in [0.5, 0.6) is 11.5 Å². The number of fused-ring (bicyclic) bond motifs is 1. The predicted octanol–water partition coefficient (Wildman–Crippen LogP) is 2.51. The molecule has 3 heteroatoms. The van der Waals surface area contributed by atoms with E-state index in [0.29, 0.717) is 6.79 Å². The number of ether oxygens (including phenoxy) is 2. The Morgan fingerprint density at radius 2 is 2.00 bits per heavy atom. The number of hydrogen-bond acceptors (Lipinski definition) is 2. The van der Waals surface area contributed by atoms with Crippen LogP contribution in [-0.2, 0) is 0 Å². The SMILES string of the molecule is Cc1cccn1-c1ccc2c(c1)OCO2. The van der Waals surface area contributed by atoms with Crippen molar-refractivity contribution in [3.8, 4) is 17.2 Å². The van der Waals surface area contributed by atoms with Crippen molar-refractivity contribution in [1.29, 1.82) is 0 Å². The molecule has 0 radical (unpaired) electrons. The molecule has 2 aromatic rings. The molecule has 1 aromatic heterocycles. The van der Waals surface area contributed by atoms with Crippen LogP contribution >= 0.6 is 0 Å². The van der Waals surface area contributed by atoms with Crippen molar-refractivity contribution in [2.24, 2.45) is 0 Å². The highest BCUT2D eigenvalue weighted by Crippen LogP contribution is 2.33. The van der Waals surface area contributed by atoms with Crippen LogP contribution in [0.1, 0.15) is 5.69 Å². The van der Waals surface area contributed by atoms with Crippen molar-refractivity contribution in [2.45, 2.75) is 6.92 Å². The first-order valence-corrected chi connectivity index (χ1v) is 4.88. The summed E-state index contributed by atoms with van der Waals surface area (Å²) < 4.78 is 12.7. The molecule has 0 atom stereocenters. The molecule has 0 aliphatic carbocycles. The molecule has 0 fully saturated rings. The quantitative estimate of drug-likeness (QED) is 0.707. The Balaban J connectivity index is 2.11. The molecule has 3 rings (SSSR count). The lowest BCUT2D eigenvalue weighted by Crippen LogP contribution is -1.94. The van der Waals surface area contributed by atoms with Crippen molar-refractivity contribution in [3.63, 3.8) is 0 Å². The third-order valence-corrected chi connectivity index (χ3v) is 2.59. The predicted molar refractivity (Wildman–Crippen MR) is 56.6 cm³/mol. The van der Waals surface area contributed by atoms with E-state index in [1.165, 1.54) is 5.69 Å². The van der Waals surface area contributed by atoms with Gasteiger partial charge in [-0.1, -0.05) is 0 Å². The van der Waals surface area contributed by atoms with Gasteiger partial charge in [0.1, 0.15) is 0 Å². The lowest BCUT2D eigenvalue weighted by atomic mass is 10.2. The van der Waals surface area contributed by atoms with E-state index in [2.05, 4.69) is 17.6 Å². The first kappa shape index (κ1) is 8.41. The lowest BCUT2D eigenvalue weighted by molar-refractivity contribution is 0.174. The van der Waals surface area contributed by atoms with Gasteiger partial charge >= 0.3 is 0 Å². The van der Waals surface area contributed by atoms with Crippen molar-refractivity contribution in [2.75, 3.05) is 6.79 Å². The third-order valence-electron chi connectivity index (χ3n) is 2.59. The highest BCUT2D eigenvalue weighted by molar-refractivity contribution is 5.50. The number of nitrogens with zero attached hydrogens (tertiary/aromatic N) is 1. The summed E-state index contributed by atoms with van der Waals surface area (Å²) in [6.07, 6.45) is 2.03. The number of rotatable bonds is 1. The van der Waals surface area contributed by atoms with Gasteiger partial charge < -0.3 is 14.0 Å². The molecule has 1 aliphatic heterocycles. The van der Waals surface area contributed by atoms with Crippen LogP contribution in [0.3, 0.4) is 0 Å². The van der Waals surface area contributed by atoms with E-state index in [1.807, 2.05) is 30.5 Å². The second-order valence-electron chi connectivity index (χ2n) is 3.56. The van der Waals surface area contributed by atoms with Gasteiger partial charge in [-0.2, -0.15) is 0 Å². The Morgan fingerprint density at radius 3 is 2.80 bits per heavy atom. The van der Waals surface area contributed by atoms with E-state index < -0.39 is 0 Å². The summed E-state index contributed by atoms with van der Waals surface area (Å²) in [5.41, 5.74) is 2.30. The van der Waals surface area contributed by atoms with E-state index in [4.69, 9.17) is 9.47 Å². The molecular weight excluding hydrogens is 190 g/mol. The van der Waals surface area contributed by atoms with Crippen LogP contribution in [0.2, 0.25) is 0 Å². The topological polar surface area (TPSA) is 23.4 Å². The summed E-state index contributed by atoms with van der Waals surface area (Å²) in [7, 11) is 0. The first-order valence-electron chi connectivity index (χ1n) is 4.88. The Morgan fingerprint density at radius 1 is 1.13 bits per heavy atom. The van der Waals surface area contributed by atoms with Crippen LogP contribution in [0.4, 0.5) is 0 Å². The van der Waals surface area contributed by atoms with Crippen LogP contribution in [-0.4, -0.2) is 11.4 Å². The highest BCUT2D eigenvalue weighted by Gasteiger charge is 2.13. The molecule has 2 heterocycles. The fraction of sp³-hybridized carbons (Fsp3) is 0.167. The minimum atomic E-state index is 0.323. The molecule has 0 saturated heterocycles. The maximum absolute atomic E-state index is 5.34. The molecule has 0 saturated carbocycles. The van der Waals surface area contributed by atoms with Crippen molar-refractivity contribution >= 4 is 0 Å². The number of hydrogen-bond donors (Lipinski definition) is 0. The Kier molecular flexibility index (Phi) is 1.71. The average molecular weight is 201 g/mol. The standard InChI is InChI=1S/C12H11NO2/c1-9-3-2-6-13(9)10-4-5-11-12(7-10)15-8-14-11/h2-7H,8H2,1H3. The Labute approximate surface area is 87.9 Å². The molecular formula is C12H11NO2. The Bertz CT molecular complexity index is 502.